The zero-order chi connectivity index (χ0) is 25.2. The highest BCUT2D eigenvalue weighted by molar-refractivity contribution is 5.77. The van der Waals surface area contributed by atoms with Crippen LogP contribution in [0.3, 0.4) is 0 Å². The molecule has 0 aliphatic carbocycles. The third-order valence-corrected chi connectivity index (χ3v) is 6.48. The molecule has 7 nitrogen and oxygen atoms in total. The Morgan fingerprint density at radius 3 is 2.49 bits per heavy atom. The molecule has 0 radical (unpaired) electrons. The largest absolute Gasteiger partial charge is 0.466 e. The Hall–Kier alpha value is -3.40. The molecule has 0 saturated carbocycles. The quantitative estimate of drug-likeness (QED) is 0.537. The maximum atomic E-state index is 13.0. The van der Waals surface area contributed by atoms with Crippen LogP contribution >= 0.6 is 0 Å². The standard InChI is InChI=1S/C25H26F3N3O4/c1-2-35-23(33)20-15-30(12-11-18(20)16-7-9-17(10-8-16)25(26,27)28)13-14-31-22(32)19-5-3-4-6-21(19)29-24(31)34/h3-10,18,20H,2,11-15H2,1H3,(H,29,34). The summed E-state index contributed by atoms with van der Waals surface area (Å²) in [6.45, 7) is 3.25. The van der Waals surface area contributed by atoms with Crippen LogP contribution in [0.2, 0.25) is 0 Å². The smallest absolute Gasteiger partial charge is 0.416 e. The molecule has 0 bridgehead atoms. The van der Waals surface area contributed by atoms with Gasteiger partial charge in [0.2, 0.25) is 0 Å². The van der Waals surface area contributed by atoms with E-state index in [9.17, 15) is 27.6 Å². The number of fused-ring (bicyclic) bond motifs is 1. The molecule has 4 rings (SSSR count). The topological polar surface area (TPSA) is 84.4 Å². The first-order chi connectivity index (χ1) is 16.7. The molecule has 10 heteroatoms. The number of para-hydroxylation sites is 1. The summed E-state index contributed by atoms with van der Waals surface area (Å²) in [4.78, 5) is 42.7. The number of rotatable bonds is 6. The Balaban J connectivity index is 1.51. The highest BCUT2D eigenvalue weighted by atomic mass is 19.4. The first-order valence-corrected chi connectivity index (χ1v) is 11.5. The minimum atomic E-state index is -4.43. The lowest BCUT2D eigenvalue weighted by molar-refractivity contribution is -0.151. The van der Waals surface area contributed by atoms with Gasteiger partial charge in [-0.3, -0.25) is 14.2 Å². The van der Waals surface area contributed by atoms with Gasteiger partial charge in [0, 0.05) is 19.6 Å². The van der Waals surface area contributed by atoms with Crippen molar-refractivity contribution in [2.24, 2.45) is 5.92 Å². The number of H-pyrrole nitrogens is 1. The highest BCUT2D eigenvalue weighted by Gasteiger charge is 2.37. The van der Waals surface area contributed by atoms with E-state index in [-0.39, 0.29) is 24.6 Å². The van der Waals surface area contributed by atoms with Crippen molar-refractivity contribution in [3.05, 3.63) is 80.5 Å². The molecular formula is C25H26F3N3O4. The van der Waals surface area contributed by atoms with Gasteiger partial charge in [0.1, 0.15) is 0 Å². The fourth-order valence-corrected chi connectivity index (χ4v) is 4.67. The number of aromatic nitrogens is 2. The summed E-state index contributed by atoms with van der Waals surface area (Å²) >= 11 is 0. The molecule has 1 N–H and O–H groups in total. The van der Waals surface area contributed by atoms with Gasteiger partial charge in [-0.2, -0.15) is 13.2 Å². The lowest BCUT2D eigenvalue weighted by Gasteiger charge is -2.37. The molecule has 186 valence electrons. The number of likely N-dealkylation sites (tertiary alicyclic amines) is 1. The summed E-state index contributed by atoms with van der Waals surface area (Å²) in [7, 11) is 0. The molecule has 1 aliphatic rings. The zero-order valence-corrected chi connectivity index (χ0v) is 19.2. The second-order valence-corrected chi connectivity index (χ2v) is 8.61. The van der Waals surface area contributed by atoms with Gasteiger partial charge in [-0.1, -0.05) is 24.3 Å². The van der Waals surface area contributed by atoms with E-state index in [1.165, 1.54) is 12.1 Å². The Labute approximate surface area is 199 Å². The summed E-state index contributed by atoms with van der Waals surface area (Å²) in [5, 5.41) is 0.414. The first-order valence-electron chi connectivity index (χ1n) is 11.5. The second kappa shape index (κ2) is 10.1. The molecule has 2 atom stereocenters. The number of piperidine rings is 1. The van der Waals surface area contributed by atoms with Crippen molar-refractivity contribution in [3.63, 3.8) is 0 Å². The van der Waals surface area contributed by atoms with Crippen molar-refractivity contribution in [3.8, 4) is 0 Å². The molecule has 1 aliphatic heterocycles. The van der Waals surface area contributed by atoms with E-state index in [1.54, 1.807) is 31.2 Å². The van der Waals surface area contributed by atoms with Gasteiger partial charge in [0.15, 0.2) is 0 Å². The van der Waals surface area contributed by atoms with Crippen LogP contribution in [-0.4, -0.2) is 46.7 Å². The average Bonchev–Trinajstić information content (AvgIpc) is 2.83. The molecule has 2 heterocycles. The summed E-state index contributed by atoms with van der Waals surface area (Å²) < 4.78 is 45.3. The molecule has 1 fully saturated rings. The minimum Gasteiger partial charge on any atom is -0.466 e. The molecule has 2 aromatic carbocycles. The van der Waals surface area contributed by atoms with E-state index in [1.807, 2.05) is 4.90 Å². The average molecular weight is 489 g/mol. The van der Waals surface area contributed by atoms with Crippen molar-refractivity contribution < 1.29 is 22.7 Å². The molecule has 1 saturated heterocycles. The van der Waals surface area contributed by atoms with Gasteiger partial charge < -0.3 is 14.6 Å². The number of ether oxygens (including phenoxy) is 1. The third-order valence-electron chi connectivity index (χ3n) is 6.48. The fraction of sp³-hybridized carbons (Fsp3) is 0.400. The molecule has 0 spiro atoms. The van der Waals surface area contributed by atoms with Crippen LogP contribution in [0.5, 0.6) is 0 Å². The number of nitrogens with zero attached hydrogens (tertiary/aromatic N) is 2. The zero-order valence-electron chi connectivity index (χ0n) is 19.2. The maximum absolute atomic E-state index is 13.0. The monoisotopic (exact) mass is 489 g/mol. The van der Waals surface area contributed by atoms with Crippen LogP contribution in [0.1, 0.15) is 30.4 Å². The third kappa shape index (κ3) is 5.32. The summed E-state index contributed by atoms with van der Waals surface area (Å²) in [6, 6.07) is 11.7. The van der Waals surface area contributed by atoms with Crippen LogP contribution in [0.15, 0.2) is 58.1 Å². The number of carbonyl (C=O) groups excluding carboxylic acids is 1. The molecular weight excluding hydrogens is 463 g/mol. The predicted molar refractivity (Wildman–Crippen MR) is 124 cm³/mol. The van der Waals surface area contributed by atoms with Crippen LogP contribution < -0.4 is 11.2 Å². The number of esters is 1. The van der Waals surface area contributed by atoms with E-state index in [0.717, 1.165) is 16.7 Å². The van der Waals surface area contributed by atoms with Crippen LogP contribution in [0, 0.1) is 5.92 Å². The number of aromatic amines is 1. The van der Waals surface area contributed by atoms with E-state index in [0.29, 0.717) is 42.5 Å². The first kappa shape index (κ1) is 24.7. The fourth-order valence-electron chi connectivity index (χ4n) is 4.67. The number of carbonyl (C=O) groups is 1. The van der Waals surface area contributed by atoms with E-state index >= 15 is 0 Å². The van der Waals surface area contributed by atoms with Crippen LogP contribution in [-0.2, 0) is 22.3 Å². The van der Waals surface area contributed by atoms with Gasteiger partial charge in [0.05, 0.1) is 29.0 Å². The maximum Gasteiger partial charge on any atom is 0.416 e. The number of nitrogens with one attached hydrogen (secondary N) is 1. The van der Waals surface area contributed by atoms with Crippen LogP contribution in [0.25, 0.3) is 10.9 Å². The van der Waals surface area contributed by atoms with Crippen molar-refractivity contribution in [2.75, 3.05) is 26.2 Å². The molecule has 35 heavy (non-hydrogen) atoms. The number of hydrogen-bond acceptors (Lipinski definition) is 5. The second-order valence-electron chi connectivity index (χ2n) is 8.61. The van der Waals surface area contributed by atoms with E-state index in [4.69, 9.17) is 4.74 Å². The van der Waals surface area contributed by atoms with Crippen LogP contribution in [0.4, 0.5) is 13.2 Å². The number of halogens is 3. The summed E-state index contributed by atoms with van der Waals surface area (Å²) in [5.41, 5.74) is -0.505. The number of benzene rings is 2. The SMILES string of the molecule is CCOC(=O)C1CN(CCn2c(=O)[nH]c3ccccc3c2=O)CCC1c1ccc(C(F)(F)F)cc1. The Morgan fingerprint density at radius 1 is 1.09 bits per heavy atom. The van der Waals surface area contributed by atoms with Crippen molar-refractivity contribution in [1.29, 1.82) is 0 Å². The predicted octanol–water partition coefficient (Wildman–Crippen LogP) is 3.38. The van der Waals surface area contributed by atoms with Crippen molar-refractivity contribution in [1.82, 2.24) is 14.5 Å². The van der Waals surface area contributed by atoms with E-state index in [2.05, 4.69) is 4.98 Å². The van der Waals surface area contributed by atoms with E-state index < -0.39 is 29.3 Å². The lowest BCUT2D eigenvalue weighted by Crippen LogP contribution is -2.46. The Morgan fingerprint density at radius 2 is 1.80 bits per heavy atom. The van der Waals surface area contributed by atoms with Gasteiger partial charge in [0.25, 0.3) is 5.56 Å². The molecule has 2 unspecified atom stereocenters. The van der Waals surface area contributed by atoms with Gasteiger partial charge in [-0.15, -0.1) is 0 Å². The summed E-state index contributed by atoms with van der Waals surface area (Å²) in [5.74, 6) is -1.28. The normalized spacial score (nSPS) is 19.1. The van der Waals surface area contributed by atoms with Crippen molar-refractivity contribution in [2.45, 2.75) is 32.0 Å². The number of alkyl halides is 3. The molecule has 0 amide bonds. The van der Waals surface area contributed by atoms with Gasteiger partial charge >= 0.3 is 17.8 Å². The highest BCUT2D eigenvalue weighted by Crippen LogP contribution is 2.36. The van der Waals surface area contributed by atoms with Gasteiger partial charge in [-0.05, 0) is 55.6 Å². The van der Waals surface area contributed by atoms with Gasteiger partial charge in [-0.25, -0.2) is 4.79 Å². The Kier molecular flexibility index (Phi) is 7.11. The Bertz CT molecular complexity index is 1310. The molecule has 1 aromatic heterocycles. The number of hydrogen-bond donors (Lipinski definition) is 1. The minimum absolute atomic E-state index is 0.138. The lowest BCUT2D eigenvalue weighted by atomic mass is 9.80. The molecule has 3 aromatic rings. The summed E-state index contributed by atoms with van der Waals surface area (Å²) in [6.07, 6.45) is -3.90. The van der Waals surface area contributed by atoms with Crippen molar-refractivity contribution >= 4 is 16.9 Å².